The molecule has 25 heavy (non-hydrogen) atoms. The molecule has 1 atom stereocenters. The van der Waals surface area contributed by atoms with Gasteiger partial charge < -0.3 is 10.2 Å². The van der Waals surface area contributed by atoms with Crippen LogP contribution in [0.15, 0.2) is 42.5 Å². The van der Waals surface area contributed by atoms with Crippen LogP contribution in [0.4, 0.5) is 10.1 Å². The second-order valence-corrected chi connectivity index (χ2v) is 7.30. The van der Waals surface area contributed by atoms with Crippen LogP contribution in [0.2, 0.25) is 0 Å². The van der Waals surface area contributed by atoms with E-state index in [1.807, 2.05) is 18.2 Å². The first-order chi connectivity index (χ1) is 12.2. The molecule has 0 radical (unpaired) electrons. The van der Waals surface area contributed by atoms with Crippen LogP contribution in [0.3, 0.4) is 0 Å². The first-order valence-corrected chi connectivity index (χ1v) is 9.18. The molecular weight excluding hydrogens is 315 g/mol. The summed E-state index contributed by atoms with van der Waals surface area (Å²) >= 11 is 0. The lowest BCUT2D eigenvalue weighted by Gasteiger charge is -2.19. The van der Waals surface area contributed by atoms with E-state index in [4.69, 9.17) is 0 Å². The van der Waals surface area contributed by atoms with Crippen molar-refractivity contribution in [1.29, 1.82) is 0 Å². The second kappa shape index (κ2) is 6.96. The maximum Gasteiger partial charge on any atom is 0.279 e. The van der Waals surface area contributed by atoms with E-state index in [0.29, 0.717) is 12.6 Å². The minimum absolute atomic E-state index is 0.0574. The van der Waals surface area contributed by atoms with Gasteiger partial charge >= 0.3 is 0 Å². The summed E-state index contributed by atoms with van der Waals surface area (Å²) < 4.78 is 13.1. The van der Waals surface area contributed by atoms with Gasteiger partial charge in [-0.15, -0.1) is 0 Å². The van der Waals surface area contributed by atoms with Crippen LogP contribution in [0.1, 0.15) is 36.0 Å². The Labute approximate surface area is 147 Å². The summed E-state index contributed by atoms with van der Waals surface area (Å²) in [7, 11) is 0. The highest BCUT2D eigenvalue weighted by Crippen LogP contribution is 2.24. The molecule has 0 bridgehead atoms. The summed E-state index contributed by atoms with van der Waals surface area (Å²) in [5.41, 5.74) is 4.77. The van der Waals surface area contributed by atoms with Crippen molar-refractivity contribution < 1.29 is 14.1 Å². The van der Waals surface area contributed by atoms with E-state index >= 15 is 0 Å². The highest BCUT2D eigenvalue weighted by molar-refractivity contribution is 5.91. The average Bonchev–Trinajstić information content (AvgIpc) is 3.34. The summed E-state index contributed by atoms with van der Waals surface area (Å²) in [6.07, 6.45) is 5.82. The fraction of sp³-hybridized carbons (Fsp3) is 0.381. The maximum atomic E-state index is 13.1. The van der Waals surface area contributed by atoms with E-state index in [2.05, 4.69) is 17.4 Å². The third-order valence-electron chi connectivity index (χ3n) is 5.27. The molecule has 1 fully saturated rings. The topological polar surface area (TPSA) is 33.5 Å². The van der Waals surface area contributed by atoms with Crippen LogP contribution >= 0.6 is 0 Å². The molecule has 2 aliphatic rings. The van der Waals surface area contributed by atoms with Crippen LogP contribution in [0.25, 0.3) is 0 Å². The number of rotatable bonds is 6. The van der Waals surface area contributed by atoms with Gasteiger partial charge in [0.2, 0.25) is 0 Å². The Bertz CT molecular complexity index is 768. The second-order valence-electron chi connectivity index (χ2n) is 7.30. The molecule has 1 unspecified atom stereocenters. The van der Waals surface area contributed by atoms with Gasteiger partial charge in [-0.05, 0) is 54.7 Å². The van der Waals surface area contributed by atoms with Crippen LogP contribution in [0, 0.1) is 5.82 Å². The smallest absolute Gasteiger partial charge is 0.279 e. The molecule has 0 heterocycles. The molecule has 130 valence electrons. The van der Waals surface area contributed by atoms with Crippen LogP contribution in [-0.4, -0.2) is 18.5 Å². The van der Waals surface area contributed by atoms with Crippen molar-refractivity contribution in [3.63, 3.8) is 0 Å². The van der Waals surface area contributed by atoms with Crippen molar-refractivity contribution in [3.8, 4) is 0 Å². The number of carbonyl (C=O) groups excluding carboxylic acids is 1. The van der Waals surface area contributed by atoms with E-state index in [0.717, 1.165) is 30.6 Å². The number of benzene rings is 2. The molecule has 1 amide bonds. The Morgan fingerprint density at radius 2 is 1.84 bits per heavy atom. The van der Waals surface area contributed by atoms with Gasteiger partial charge in [0.1, 0.15) is 12.4 Å². The van der Waals surface area contributed by atoms with Crippen molar-refractivity contribution >= 4 is 11.6 Å². The first kappa shape index (κ1) is 16.3. The van der Waals surface area contributed by atoms with E-state index in [-0.39, 0.29) is 11.7 Å². The van der Waals surface area contributed by atoms with Gasteiger partial charge in [0, 0.05) is 24.1 Å². The Morgan fingerprint density at radius 3 is 2.60 bits per heavy atom. The van der Waals surface area contributed by atoms with E-state index in [9.17, 15) is 9.18 Å². The van der Waals surface area contributed by atoms with Gasteiger partial charge in [0.25, 0.3) is 5.91 Å². The number of quaternary nitrogens is 1. The Hall–Kier alpha value is -2.20. The zero-order valence-corrected chi connectivity index (χ0v) is 14.4. The summed E-state index contributed by atoms with van der Waals surface area (Å²) in [6, 6.07) is 13.4. The molecule has 1 saturated carbocycles. The number of hydrogen-bond acceptors (Lipinski definition) is 1. The standard InChI is InChI=1S/C21H23FN2O/c22-18-7-4-15(5-8-18)13-24(20-10-11-20)14-21(25)23-19-9-6-16-2-1-3-17(16)12-19/h4-9,12,20H,1-3,10-11,13-14H2,(H,23,25)/p+1. The SMILES string of the molecule is O=C(C[NH+](Cc1ccc(F)cc1)C1CC1)Nc1ccc2c(c1)CCC2. The predicted molar refractivity (Wildman–Crippen MR) is 96.1 cm³/mol. The number of anilines is 1. The molecule has 3 nitrogen and oxygen atoms in total. The van der Waals surface area contributed by atoms with Crippen molar-refractivity contribution in [1.82, 2.24) is 0 Å². The Kier molecular flexibility index (Phi) is 4.53. The van der Waals surface area contributed by atoms with Gasteiger partial charge in [-0.2, -0.15) is 0 Å². The Morgan fingerprint density at radius 1 is 1.08 bits per heavy atom. The number of carbonyl (C=O) groups is 1. The van der Waals surface area contributed by atoms with Gasteiger partial charge in [0.05, 0.1) is 6.04 Å². The summed E-state index contributed by atoms with van der Waals surface area (Å²) in [5, 5.41) is 3.06. The lowest BCUT2D eigenvalue weighted by atomic mass is 10.1. The lowest BCUT2D eigenvalue weighted by molar-refractivity contribution is -0.916. The fourth-order valence-electron chi connectivity index (χ4n) is 3.77. The van der Waals surface area contributed by atoms with Crippen LogP contribution in [0.5, 0.6) is 0 Å². The Balaban J connectivity index is 1.38. The van der Waals surface area contributed by atoms with Crippen molar-refractivity contribution in [2.24, 2.45) is 0 Å². The molecular formula is C21H24FN2O+. The lowest BCUT2D eigenvalue weighted by Crippen LogP contribution is -3.13. The van der Waals surface area contributed by atoms with Gasteiger partial charge in [-0.1, -0.05) is 18.2 Å². The molecule has 0 aliphatic heterocycles. The highest BCUT2D eigenvalue weighted by Gasteiger charge is 2.34. The monoisotopic (exact) mass is 339 g/mol. The van der Waals surface area contributed by atoms with Gasteiger partial charge in [0.15, 0.2) is 6.54 Å². The number of nitrogens with one attached hydrogen (secondary N) is 2. The van der Waals surface area contributed by atoms with Gasteiger partial charge in [-0.3, -0.25) is 4.79 Å². The third kappa shape index (κ3) is 4.07. The fourth-order valence-corrected chi connectivity index (χ4v) is 3.77. The van der Waals surface area contributed by atoms with Crippen molar-refractivity contribution in [3.05, 3.63) is 65.0 Å². The largest absolute Gasteiger partial charge is 0.321 e. The number of halogens is 1. The summed E-state index contributed by atoms with van der Waals surface area (Å²) in [6.45, 7) is 1.22. The number of amides is 1. The van der Waals surface area contributed by atoms with Crippen molar-refractivity contribution in [2.75, 3.05) is 11.9 Å². The quantitative estimate of drug-likeness (QED) is 0.833. The molecule has 2 aromatic rings. The molecule has 2 N–H and O–H groups in total. The average molecular weight is 339 g/mol. The molecule has 2 aromatic carbocycles. The van der Waals surface area contributed by atoms with Crippen LogP contribution < -0.4 is 10.2 Å². The number of fused-ring (bicyclic) bond motifs is 1. The molecule has 0 saturated heterocycles. The zero-order valence-electron chi connectivity index (χ0n) is 14.4. The highest BCUT2D eigenvalue weighted by atomic mass is 19.1. The number of aryl methyl sites for hydroxylation is 2. The molecule has 4 rings (SSSR count). The molecule has 0 spiro atoms. The zero-order chi connectivity index (χ0) is 17.2. The molecule has 0 aromatic heterocycles. The van der Waals surface area contributed by atoms with Crippen LogP contribution in [-0.2, 0) is 24.2 Å². The molecule has 2 aliphatic carbocycles. The van der Waals surface area contributed by atoms with Crippen molar-refractivity contribution in [2.45, 2.75) is 44.7 Å². The number of hydrogen-bond donors (Lipinski definition) is 2. The minimum atomic E-state index is -0.217. The summed E-state index contributed by atoms with van der Waals surface area (Å²) in [4.78, 5) is 13.8. The van der Waals surface area contributed by atoms with E-state index in [1.165, 1.54) is 47.4 Å². The summed E-state index contributed by atoms with van der Waals surface area (Å²) in [5.74, 6) is -0.159. The molecule has 4 heteroatoms. The van der Waals surface area contributed by atoms with Gasteiger partial charge in [-0.25, -0.2) is 4.39 Å². The van der Waals surface area contributed by atoms with E-state index in [1.54, 1.807) is 0 Å². The predicted octanol–water partition coefficient (Wildman–Crippen LogP) is 2.50. The third-order valence-corrected chi connectivity index (χ3v) is 5.27. The maximum absolute atomic E-state index is 13.1. The first-order valence-electron chi connectivity index (χ1n) is 9.18. The minimum Gasteiger partial charge on any atom is -0.321 e. The van der Waals surface area contributed by atoms with E-state index < -0.39 is 0 Å². The normalized spacial score (nSPS) is 17.2.